The lowest BCUT2D eigenvalue weighted by Gasteiger charge is -2.12. The highest BCUT2D eigenvalue weighted by atomic mass is 19.4. The van der Waals surface area contributed by atoms with Crippen LogP contribution in [-0.2, 0) is 17.4 Å². The molecule has 8 heteroatoms. The van der Waals surface area contributed by atoms with Crippen molar-refractivity contribution in [3.63, 3.8) is 0 Å². The first-order valence-corrected chi connectivity index (χ1v) is 7.58. The Morgan fingerprint density at radius 2 is 2.04 bits per heavy atom. The Kier molecular flexibility index (Phi) is 6.21. The smallest absolute Gasteiger partial charge is 0.433 e. The maximum atomic E-state index is 12.6. The van der Waals surface area contributed by atoms with E-state index in [2.05, 4.69) is 16.9 Å². The van der Waals surface area contributed by atoms with Crippen molar-refractivity contribution >= 4 is 11.7 Å². The summed E-state index contributed by atoms with van der Waals surface area (Å²) >= 11 is 0. The summed E-state index contributed by atoms with van der Waals surface area (Å²) in [5.41, 5.74) is -0.127. The van der Waals surface area contributed by atoms with Gasteiger partial charge in [-0.1, -0.05) is 18.2 Å². The minimum atomic E-state index is -4.59. The fraction of sp³-hybridized carbons (Fsp3) is 0.222. The molecule has 0 saturated heterocycles. The molecule has 1 heterocycles. The summed E-state index contributed by atoms with van der Waals surface area (Å²) in [5, 5.41) is 2.26. The number of anilines is 1. The van der Waals surface area contributed by atoms with Crippen LogP contribution in [0.4, 0.5) is 19.0 Å². The Balaban J connectivity index is 2.00. The van der Waals surface area contributed by atoms with E-state index in [1.807, 2.05) is 0 Å². The van der Waals surface area contributed by atoms with Gasteiger partial charge in [-0.2, -0.15) is 13.2 Å². The molecule has 1 N–H and O–H groups in total. The molecule has 2 rings (SSSR count). The molecule has 0 atom stereocenters. The number of amides is 1. The molecule has 0 aliphatic heterocycles. The van der Waals surface area contributed by atoms with E-state index >= 15 is 0 Å². The number of carbonyl (C=O) groups excluding carboxylic acids is 1. The monoisotopic (exact) mass is 366 g/mol. The molecular formula is C18H17F3N2O3. The molecule has 0 bridgehead atoms. The normalized spacial score (nSPS) is 10.9. The number of aromatic nitrogens is 1. The zero-order chi connectivity index (χ0) is 19.2. The minimum absolute atomic E-state index is 0.207. The Bertz CT molecular complexity index is 791. The van der Waals surface area contributed by atoms with E-state index in [1.54, 1.807) is 24.3 Å². The van der Waals surface area contributed by atoms with Gasteiger partial charge in [0.05, 0.1) is 7.11 Å². The van der Waals surface area contributed by atoms with Crippen molar-refractivity contribution in [1.82, 2.24) is 4.98 Å². The lowest BCUT2D eigenvalue weighted by Crippen LogP contribution is -2.21. The first-order valence-electron chi connectivity index (χ1n) is 7.58. The molecule has 26 heavy (non-hydrogen) atoms. The predicted octanol–water partition coefficient (Wildman–Crippen LogP) is 3.86. The number of alkyl halides is 3. The number of nitrogens with zero attached hydrogens (tertiary/aromatic N) is 1. The number of methoxy groups -OCH3 is 1. The molecule has 0 fully saturated rings. The van der Waals surface area contributed by atoms with E-state index in [0.717, 1.165) is 17.7 Å². The average molecular weight is 366 g/mol. The number of halogens is 3. The Labute approximate surface area is 148 Å². The lowest BCUT2D eigenvalue weighted by atomic mass is 10.1. The number of allylic oxidation sites excluding steroid dienone is 1. The SMILES string of the molecule is C=CCc1ccc(OCC(=O)Nc2cccc(C(F)(F)F)n2)c(OC)c1. The number of pyridine rings is 1. The highest BCUT2D eigenvalue weighted by molar-refractivity contribution is 5.91. The first kappa shape index (κ1) is 19.3. The zero-order valence-corrected chi connectivity index (χ0v) is 14.0. The van der Waals surface area contributed by atoms with Gasteiger partial charge in [0.2, 0.25) is 0 Å². The fourth-order valence-corrected chi connectivity index (χ4v) is 2.11. The predicted molar refractivity (Wildman–Crippen MR) is 90.3 cm³/mol. The number of carbonyl (C=O) groups is 1. The second-order valence-electron chi connectivity index (χ2n) is 5.22. The van der Waals surface area contributed by atoms with Crippen LogP contribution in [-0.4, -0.2) is 24.6 Å². The van der Waals surface area contributed by atoms with E-state index in [4.69, 9.17) is 9.47 Å². The highest BCUT2D eigenvalue weighted by Gasteiger charge is 2.32. The summed E-state index contributed by atoms with van der Waals surface area (Å²) in [6.45, 7) is 3.25. The van der Waals surface area contributed by atoms with Crippen LogP contribution in [0.25, 0.3) is 0 Å². The summed E-state index contributed by atoms with van der Waals surface area (Å²) in [4.78, 5) is 15.3. The molecule has 5 nitrogen and oxygen atoms in total. The molecule has 0 aliphatic carbocycles. The maximum absolute atomic E-state index is 12.6. The molecule has 0 unspecified atom stereocenters. The number of ether oxygens (including phenoxy) is 2. The minimum Gasteiger partial charge on any atom is -0.493 e. The Morgan fingerprint density at radius 1 is 1.27 bits per heavy atom. The van der Waals surface area contributed by atoms with Crippen molar-refractivity contribution in [2.75, 3.05) is 19.0 Å². The summed E-state index contributed by atoms with van der Waals surface area (Å²) in [5.74, 6) is -0.0717. The number of hydrogen-bond donors (Lipinski definition) is 1. The van der Waals surface area contributed by atoms with Crippen molar-refractivity contribution in [2.24, 2.45) is 0 Å². The molecular weight excluding hydrogens is 349 g/mol. The highest BCUT2D eigenvalue weighted by Crippen LogP contribution is 2.29. The lowest BCUT2D eigenvalue weighted by molar-refractivity contribution is -0.141. The first-order chi connectivity index (χ1) is 12.3. The van der Waals surface area contributed by atoms with Crippen LogP contribution in [0.5, 0.6) is 11.5 Å². The van der Waals surface area contributed by atoms with Crippen LogP contribution >= 0.6 is 0 Å². The van der Waals surface area contributed by atoms with Gasteiger partial charge in [0, 0.05) is 0 Å². The van der Waals surface area contributed by atoms with Crippen LogP contribution in [0.2, 0.25) is 0 Å². The topological polar surface area (TPSA) is 60.5 Å². The number of hydrogen-bond acceptors (Lipinski definition) is 4. The second-order valence-corrected chi connectivity index (χ2v) is 5.22. The molecule has 138 valence electrons. The van der Waals surface area contributed by atoms with Gasteiger partial charge in [0.25, 0.3) is 5.91 Å². The zero-order valence-electron chi connectivity index (χ0n) is 14.0. The van der Waals surface area contributed by atoms with E-state index in [1.165, 1.54) is 13.2 Å². The van der Waals surface area contributed by atoms with E-state index < -0.39 is 24.4 Å². The van der Waals surface area contributed by atoms with Gasteiger partial charge in [0.15, 0.2) is 18.1 Å². The standard InChI is InChI=1S/C18H17F3N2O3/c1-3-5-12-8-9-13(14(10-12)25-2)26-11-17(24)23-16-7-4-6-15(22-16)18(19,20)21/h3-4,6-10H,1,5,11H2,2H3,(H,22,23,24). The summed E-state index contributed by atoms with van der Waals surface area (Å²) < 4.78 is 48.5. The van der Waals surface area contributed by atoms with Crippen LogP contribution in [0.3, 0.4) is 0 Å². The van der Waals surface area contributed by atoms with E-state index in [0.29, 0.717) is 17.9 Å². The van der Waals surface area contributed by atoms with Crippen molar-refractivity contribution < 1.29 is 27.4 Å². The van der Waals surface area contributed by atoms with E-state index in [-0.39, 0.29) is 5.82 Å². The van der Waals surface area contributed by atoms with Crippen LogP contribution in [0, 0.1) is 0 Å². The van der Waals surface area contributed by atoms with Gasteiger partial charge < -0.3 is 14.8 Å². The third-order valence-electron chi connectivity index (χ3n) is 3.27. The summed E-state index contributed by atoms with van der Waals surface area (Å²) in [7, 11) is 1.46. The van der Waals surface area contributed by atoms with Gasteiger partial charge in [-0.15, -0.1) is 6.58 Å². The number of nitrogens with one attached hydrogen (secondary N) is 1. The summed E-state index contributed by atoms with van der Waals surface area (Å²) in [6.07, 6.45) is -2.19. The van der Waals surface area contributed by atoms with Gasteiger partial charge in [-0.25, -0.2) is 4.98 Å². The number of rotatable bonds is 7. The number of benzene rings is 1. The fourth-order valence-electron chi connectivity index (χ4n) is 2.11. The molecule has 0 radical (unpaired) electrons. The van der Waals surface area contributed by atoms with Crippen molar-refractivity contribution in [2.45, 2.75) is 12.6 Å². The molecule has 0 aliphatic rings. The van der Waals surface area contributed by atoms with Crippen LogP contribution in [0.1, 0.15) is 11.3 Å². The van der Waals surface area contributed by atoms with Crippen LogP contribution < -0.4 is 14.8 Å². The van der Waals surface area contributed by atoms with Gasteiger partial charge in [0.1, 0.15) is 11.5 Å². The molecule has 0 spiro atoms. The van der Waals surface area contributed by atoms with Gasteiger partial charge >= 0.3 is 6.18 Å². The van der Waals surface area contributed by atoms with Crippen molar-refractivity contribution in [3.05, 3.63) is 60.3 Å². The average Bonchev–Trinajstić information content (AvgIpc) is 2.60. The Hall–Kier alpha value is -3.03. The molecule has 1 amide bonds. The molecule has 2 aromatic rings. The third-order valence-corrected chi connectivity index (χ3v) is 3.27. The van der Waals surface area contributed by atoms with E-state index in [9.17, 15) is 18.0 Å². The Morgan fingerprint density at radius 3 is 2.69 bits per heavy atom. The van der Waals surface area contributed by atoms with Gasteiger partial charge in [-0.3, -0.25) is 4.79 Å². The second kappa shape index (κ2) is 8.37. The van der Waals surface area contributed by atoms with Crippen molar-refractivity contribution in [1.29, 1.82) is 0 Å². The third kappa shape index (κ3) is 5.23. The van der Waals surface area contributed by atoms with Crippen molar-refractivity contribution in [3.8, 4) is 11.5 Å². The molecule has 1 aromatic heterocycles. The molecule has 1 aromatic carbocycles. The summed E-state index contributed by atoms with van der Waals surface area (Å²) in [6, 6.07) is 8.44. The van der Waals surface area contributed by atoms with Gasteiger partial charge in [-0.05, 0) is 36.2 Å². The van der Waals surface area contributed by atoms with Crippen LogP contribution in [0.15, 0.2) is 49.1 Å². The quantitative estimate of drug-likeness (QED) is 0.756. The largest absolute Gasteiger partial charge is 0.493 e. The molecule has 0 saturated carbocycles. The maximum Gasteiger partial charge on any atom is 0.433 e.